The van der Waals surface area contributed by atoms with Crippen molar-refractivity contribution >= 4 is 35.4 Å². The van der Waals surface area contributed by atoms with E-state index in [0.29, 0.717) is 6.54 Å². The Morgan fingerprint density at radius 1 is 1.45 bits per heavy atom. The highest BCUT2D eigenvalue weighted by Gasteiger charge is 2.39. The first-order valence-corrected chi connectivity index (χ1v) is 6.90. The molecule has 0 saturated carbocycles. The quantitative estimate of drug-likeness (QED) is 0.649. The van der Waals surface area contributed by atoms with Gasteiger partial charge in [0, 0.05) is 6.92 Å². The van der Waals surface area contributed by atoms with Crippen molar-refractivity contribution in [2.75, 3.05) is 22.7 Å². The second-order valence-electron chi connectivity index (χ2n) is 4.75. The summed E-state index contributed by atoms with van der Waals surface area (Å²) in [6.07, 6.45) is 0. The average molecular weight is 295 g/mol. The molecule has 0 spiro atoms. The number of esters is 1. The Hall–Kier alpha value is -1.89. The number of carbonyl (C=O) groups is 2. The first-order valence-electron chi connectivity index (χ1n) is 6.13. The SMILES string of the molecule is COC(=O)[C@](C)(CN1SNc2ccccc21)NC(C)=O. The monoisotopic (exact) mass is 295 g/mol. The third kappa shape index (κ3) is 2.82. The number of hydrogen-bond acceptors (Lipinski definition) is 6. The van der Waals surface area contributed by atoms with Crippen LogP contribution < -0.4 is 14.3 Å². The molecule has 1 heterocycles. The molecular weight excluding hydrogens is 278 g/mol. The molecule has 1 aromatic rings. The van der Waals surface area contributed by atoms with Gasteiger partial charge in [0.15, 0.2) is 5.54 Å². The fourth-order valence-corrected chi connectivity index (χ4v) is 3.07. The third-order valence-corrected chi connectivity index (χ3v) is 3.84. The molecule has 1 aliphatic rings. The lowest BCUT2D eigenvalue weighted by Crippen LogP contribution is -2.57. The molecule has 0 aliphatic carbocycles. The van der Waals surface area contributed by atoms with Crippen molar-refractivity contribution in [1.29, 1.82) is 0 Å². The Morgan fingerprint density at radius 2 is 2.15 bits per heavy atom. The van der Waals surface area contributed by atoms with Gasteiger partial charge in [-0.15, -0.1) is 0 Å². The molecule has 7 heteroatoms. The summed E-state index contributed by atoms with van der Waals surface area (Å²) >= 11 is 1.38. The Kier molecular flexibility index (Phi) is 4.08. The summed E-state index contributed by atoms with van der Waals surface area (Å²) in [5.74, 6) is -0.749. The van der Waals surface area contributed by atoms with Gasteiger partial charge in [0.2, 0.25) is 5.91 Å². The van der Waals surface area contributed by atoms with E-state index in [4.69, 9.17) is 4.74 Å². The molecule has 0 radical (unpaired) electrons. The van der Waals surface area contributed by atoms with Gasteiger partial charge in [-0.1, -0.05) is 12.1 Å². The van der Waals surface area contributed by atoms with Crippen molar-refractivity contribution in [1.82, 2.24) is 5.32 Å². The summed E-state index contributed by atoms with van der Waals surface area (Å²) in [6.45, 7) is 3.33. The number of anilines is 2. The number of hydrogen-bond donors (Lipinski definition) is 2. The lowest BCUT2D eigenvalue weighted by molar-refractivity contribution is -0.149. The molecule has 1 atom stereocenters. The molecule has 0 bridgehead atoms. The van der Waals surface area contributed by atoms with Gasteiger partial charge < -0.3 is 14.8 Å². The van der Waals surface area contributed by atoms with Crippen LogP contribution in [-0.4, -0.2) is 31.1 Å². The van der Waals surface area contributed by atoms with Gasteiger partial charge >= 0.3 is 5.97 Å². The molecule has 0 unspecified atom stereocenters. The van der Waals surface area contributed by atoms with Gasteiger partial charge in [-0.05, 0) is 19.1 Å². The van der Waals surface area contributed by atoms with Crippen LogP contribution in [0, 0.1) is 0 Å². The van der Waals surface area contributed by atoms with E-state index in [0.717, 1.165) is 11.4 Å². The van der Waals surface area contributed by atoms with Gasteiger partial charge in [0.1, 0.15) is 0 Å². The van der Waals surface area contributed by atoms with Crippen LogP contribution in [0.4, 0.5) is 11.4 Å². The maximum atomic E-state index is 12.0. The minimum Gasteiger partial charge on any atom is -0.467 e. The van der Waals surface area contributed by atoms with Crippen LogP contribution in [0.2, 0.25) is 0 Å². The van der Waals surface area contributed by atoms with Crippen LogP contribution in [-0.2, 0) is 14.3 Å². The van der Waals surface area contributed by atoms with Crippen LogP contribution >= 0.6 is 12.1 Å². The number of benzene rings is 1. The highest BCUT2D eigenvalue weighted by Crippen LogP contribution is 2.39. The number of ether oxygens (including phenoxy) is 1. The molecule has 2 rings (SSSR count). The number of fused-ring (bicyclic) bond motifs is 1. The number of nitrogens with one attached hydrogen (secondary N) is 2. The molecule has 0 fully saturated rings. The summed E-state index contributed by atoms with van der Waals surface area (Å²) in [5.41, 5.74) is 0.845. The second kappa shape index (κ2) is 5.62. The van der Waals surface area contributed by atoms with Crippen molar-refractivity contribution in [2.24, 2.45) is 0 Å². The number of para-hydroxylation sites is 2. The number of carbonyl (C=O) groups excluding carboxylic acids is 2. The maximum Gasteiger partial charge on any atom is 0.333 e. The van der Waals surface area contributed by atoms with E-state index < -0.39 is 11.5 Å². The molecule has 1 amide bonds. The maximum absolute atomic E-state index is 12.0. The van der Waals surface area contributed by atoms with E-state index in [1.807, 2.05) is 28.6 Å². The normalized spacial score (nSPS) is 15.8. The molecule has 1 aromatic carbocycles. The minimum absolute atomic E-state index is 0.275. The largest absolute Gasteiger partial charge is 0.467 e. The van der Waals surface area contributed by atoms with Crippen molar-refractivity contribution in [3.8, 4) is 0 Å². The summed E-state index contributed by atoms with van der Waals surface area (Å²) in [6, 6.07) is 7.76. The van der Waals surface area contributed by atoms with Crippen molar-refractivity contribution in [3.63, 3.8) is 0 Å². The Balaban J connectivity index is 2.21. The molecule has 1 aliphatic heterocycles. The Labute approximate surface area is 122 Å². The van der Waals surface area contributed by atoms with Crippen LogP contribution in [0.15, 0.2) is 24.3 Å². The summed E-state index contributed by atoms with van der Waals surface area (Å²) in [7, 11) is 1.31. The van der Waals surface area contributed by atoms with Gasteiger partial charge in [0.05, 0.1) is 37.2 Å². The number of nitrogens with zero attached hydrogens (tertiary/aromatic N) is 1. The highest BCUT2D eigenvalue weighted by molar-refractivity contribution is 8.02. The zero-order valence-electron chi connectivity index (χ0n) is 11.6. The average Bonchev–Trinajstić information content (AvgIpc) is 2.80. The second-order valence-corrected chi connectivity index (χ2v) is 5.58. The Morgan fingerprint density at radius 3 is 2.80 bits per heavy atom. The zero-order valence-corrected chi connectivity index (χ0v) is 12.4. The fourth-order valence-electron chi connectivity index (χ4n) is 2.10. The van der Waals surface area contributed by atoms with E-state index in [1.54, 1.807) is 6.92 Å². The highest BCUT2D eigenvalue weighted by atomic mass is 32.2. The van der Waals surface area contributed by atoms with Gasteiger partial charge in [-0.25, -0.2) is 4.79 Å². The predicted octanol–water partition coefficient (Wildman–Crippen LogP) is 1.55. The fraction of sp³-hybridized carbons (Fsp3) is 0.385. The van der Waals surface area contributed by atoms with Gasteiger partial charge in [-0.2, -0.15) is 0 Å². The van der Waals surface area contributed by atoms with Crippen LogP contribution in [0.5, 0.6) is 0 Å². The van der Waals surface area contributed by atoms with Crippen LogP contribution in [0.1, 0.15) is 13.8 Å². The molecule has 2 N–H and O–H groups in total. The van der Waals surface area contributed by atoms with E-state index >= 15 is 0 Å². The molecular formula is C13H17N3O3S. The molecule has 0 saturated heterocycles. The summed E-state index contributed by atoms with van der Waals surface area (Å²) in [5, 5.41) is 2.67. The van der Waals surface area contributed by atoms with Crippen LogP contribution in [0.3, 0.4) is 0 Å². The van der Waals surface area contributed by atoms with Gasteiger partial charge in [-0.3, -0.25) is 9.10 Å². The summed E-state index contributed by atoms with van der Waals surface area (Å²) < 4.78 is 9.88. The minimum atomic E-state index is -1.10. The standard InChI is InChI=1S/C13H17N3O3S/c1-9(17)14-13(2,12(18)19-3)8-16-11-7-5-4-6-10(11)15-20-16/h4-7,15H,8H2,1-3H3,(H,14,17)/t13-/m0/s1. The number of methoxy groups -OCH3 is 1. The topological polar surface area (TPSA) is 70.7 Å². The first-order chi connectivity index (χ1) is 9.46. The molecule has 20 heavy (non-hydrogen) atoms. The number of amides is 1. The lowest BCUT2D eigenvalue weighted by atomic mass is 10.0. The number of rotatable bonds is 4. The van der Waals surface area contributed by atoms with Crippen molar-refractivity contribution in [3.05, 3.63) is 24.3 Å². The molecule has 108 valence electrons. The van der Waals surface area contributed by atoms with Crippen molar-refractivity contribution in [2.45, 2.75) is 19.4 Å². The van der Waals surface area contributed by atoms with Crippen LogP contribution in [0.25, 0.3) is 0 Å². The first kappa shape index (κ1) is 14.5. The van der Waals surface area contributed by atoms with E-state index in [-0.39, 0.29) is 5.91 Å². The smallest absolute Gasteiger partial charge is 0.333 e. The van der Waals surface area contributed by atoms with Crippen molar-refractivity contribution < 1.29 is 14.3 Å². The Bertz CT molecular complexity index is 537. The van der Waals surface area contributed by atoms with E-state index in [2.05, 4.69) is 10.0 Å². The lowest BCUT2D eigenvalue weighted by Gasteiger charge is -2.31. The summed E-state index contributed by atoms with van der Waals surface area (Å²) in [4.78, 5) is 23.3. The molecule has 0 aromatic heterocycles. The molecule has 6 nitrogen and oxygen atoms in total. The van der Waals surface area contributed by atoms with Gasteiger partial charge in [0.25, 0.3) is 0 Å². The zero-order chi connectivity index (χ0) is 14.8. The predicted molar refractivity (Wildman–Crippen MR) is 79.2 cm³/mol. The third-order valence-electron chi connectivity index (χ3n) is 2.99. The van der Waals surface area contributed by atoms with E-state index in [1.165, 1.54) is 26.2 Å². The van der Waals surface area contributed by atoms with E-state index in [9.17, 15) is 9.59 Å².